The predicted octanol–water partition coefficient (Wildman–Crippen LogP) is 3.62. The first-order valence-electron chi connectivity index (χ1n) is 6.39. The van der Waals surface area contributed by atoms with Crippen LogP contribution in [0.15, 0.2) is 60.7 Å². The van der Waals surface area contributed by atoms with Gasteiger partial charge in [-0.3, -0.25) is 0 Å². The maximum Gasteiger partial charge on any atom is 0.161 e. The Labute approximate surface area is 117 Å². The van der Waals surface area contributed by atoms with Crippen LogP contribution in [0.3, 0.4) is 0 Å². The van der Waals surface area contributed by atoms with Crippen molar-refractivity contribution in [2.75, 3.05) is 6.16 Å². The normalized spacial score (nSPS) is 10.8. The standard InChI is InChI=1S/C16H19O2P/c19-13-16(17-11-14-7-3-1-4-8-14)18-12-15-9-5-2-6-10-15/h1-10,16H,11-13,19H2. The number of benzene rings is 2. The van der Waals surface area contributed by atoms with Crippen LogP contribution in [0.5, 0.6) is 0 Å². The summed E-state index contributed by atoms with van der Waals surface area (Å²) in [6, 6.07) is 20.3. The fourth-order valence-corrected chi connectivity index (χ4v) is 1.98. The van der Waals surface area contributed by atoms with Crippen molar-refractivity contribution in [3.8, 4) is 0 Å². The first kappa shape index (κ1) is 14.2. The maximum atomic E-state index is 5.76. The van der Waals surface area contributed by atoms with Crippen molar-refractivity contribution in [1.82, 2.24) is 0 Å². The van der Waals surface area contributed by atoms with Crippen LogP contribution in [0.4, 0.5) is 0 Å². The number of hydrogen-bond donors (Lipinski definition) is 0. The summed E-state index contributed by atoms with van der Waals surface area (Å²) in [4.78, 5) is 0. The van der Waals surface area contributed by atoms with Gasteiger partial charge in [0.25, 0.3) is 0 Å². The lowest BCUT2D eigenvalue weighted by Crippen LogP contribution is -2.18. The lowest BCUT2D eigenvalue weighted by atomic mass is 10.2. The second kappa shape index (κ2) is 8.06. The van der Waals surface area contributed by atoms with Gasteiger partial charge < -0.3 is 9.47 Å². The van der Waals surface area contributed by atoms with E-state index < -0.39 is 0 Å². The van der Waals surface area contributed by atoms with Crippen molar-refractivity contribution in [3.05, 3.63) is 71.8 Å². The van der Waals surface area contributed by atoms with Gasteiger partial charge in [-0.25, -0.2) is 0 Å². The van der Waals surface area contributed by atoms with Gasteiger partial charge in [0.2, 0.25) is 0 Å². The highest BCUT2D eigenvalue weighted by Gasteiger charge is 2.07. The van der Waals surface area contributed by atoms with Crippen LogP contribution in [-0.2, 0) is 22.7 Å². The highest BCUT2D eigenvalue weighted by Crippen LogP contribution is 2.09. The largest absolute Gasteiger partial charge is 0.348 e. The van der Waals surface area contributed by atoms with Gasteiger partial charge in [-0.1, -0.05) is 60.7 Å². The van der Waals surface area contributed by atoms with Crippen LogP contribution < -0.4 is 0 Å². The van der Waals surface area contributed by atoms with Crippen molar-refractivity contribution >= 4 is 9.24 Å². The van der Waals surface area contributed by atoms with E-state index in [1.807, 2.05) is 36.4 Å². The van der Waals surface area contributed by atoms with Gasteiger partial charge in [0.1, 0.15) is 0 Å². The van der Waals surface area contributed by atoms with Crippen LogP contribution >= 0.6 is 9.24 Å². The molecule has 2 aromatic carbocycles. The molecule has 0 saturated heterocycles. The van der Waals surface area contributed by atoms with Gasteiger partial charge in [-0.15, -0.1) is 9.24 Å². The SMILES string of the molecule is PCC(OCc1ccccc1)OCc1ccccc1. The van der Waals surface area contributed by atoms with Gasteiger partial charge in [0, 0.05) is 6.16 Å². The van der Waals surface area contributed by atoms with E-state index in [4.69, 9.17) is 9.47 Å². The summed E-state index contributed by atoms with van der Waals surface area (Å²) in [7, 11) is 2.67. The molecule has 0 aliphatic rings. The Morgan fingerprint density at radius 2 is 1.16 bits per heavy atom. The maximum absolute atomic E-state index is 5.76. The minimum atomic E-state index is -0.189. The molecule has 2 rings (SSSR count). The lowest BCUT2D eigenvalue weighted by molar-refractivity contribution is -0.141. The Bertz CT molecular complexity index is 415. The van der Waals surface area contributed by atoms with E-state index in [9.17, 15) is 0 Å². The Kier molecular flexibility index (Phi) is 6.03. The van der Waals surface area contributed by atoms with Gasteiger partial charge in [0.05, 0.1) is 13.2 Å². The quantitative estimate of drug-likeness (QED) is 0.567. The van der Waals surface area contributed by atoms with Crippen LogP contribution in [0.2, 0.25) is 0 Å². The Morgan fingerprint density at radius 1 is 0.737 bits per heavy atom. The number of hydrogen-bond acceptors (Lipinski definition) is 2. The molecule has 2 aromatic rings. The summed E-state index contributed by atoms with van der Waals surface area (Å²) in [5.74, 6) is 0. The van der Waals surface area contributed by atoms with E-state index in [2.05, 4.69) is 33.5 Å². The molecule has 3 heteroatoms. The third kappa shape index (κ3) is 5.12. The molecule has 0 aliphatic carbocycles. The fraction of sp³-hybridized carbons (Fsp3) is 0.250. The molecule has 0 bridgehead atoms. The summed E-state index contributed by atoms with van der Waals surface area (Å²) in [5.41, 5.74) is 2.32. The van der Waals surface area contributed by atoms with Crippen LogP contribution in [-0.4, -0.2) is 12.5 Å². The molecule has 0 radical (unpaired) electrons. The summed E-state index contributed by atoms with van der Waals surface area (Å²) in [5, 5.41) is 0. The average molecular weight is 274 g/mol. The third-order valence-corrected chi connectivity index (χ3v) is 3.13. The molecule has 1 unspecified atom stereocenters. The second-order valence-electron chi connectivity index (χ2n) is 4.26. The Morgan fingerprint density at radius 3 is 1.53 bits per heavy atom. The minimum Gasteiger partial charge on any atom is -0.348 e. The monoisotopic (exact) mass is 274 g/mol. The first-order chi connectivity index (χ1) is 9.38. The van der Waals surface area contributed by atoms with E-state index in [1.54, 1.807) is 0 Å². The van der Waals surface area contributed by atoms with Crippen molar-refractivity contribution in [2.24, 2.45) is 0 Å². The Hall–Kier alpha value is -1.21. The topological polar surface area (TPSA) is 18.5 Å². The van der Waals surface area contributed by atoms with Gasteiger partial charge in [0.15, 0.2) is 6.29 Å². The van der Waals surface area contributed by atoms with Crippen LogP contribution in [0.25, 0.3) is 0 Å². The summed E-state index contributed by atoms with van der Waals surface area (Å²) in [6.45, 7) is 1.16. The smallest absolute Gasteiger partial charge is 0.161 e. The molecule has 0 spiro atoms. The fourth-order valence-electron chi connectivity index (χ4n) is 1.71. The van der Waals surface area contributed by atoms with E-state index >= 15 is 0 Å². The average Bonchev–Trinajstić information content (AvgIpc) is 2.49. The predicted molar refractivity (Wildman–Crippen MR) is 80.8 cm³/mol. The highest BCUT2D eigenvalue weighted by atomic mass is 31.0. The molecule has 2 nitrogen and oxygen atoms in total. The molecule has 0 amide bonds. The molecule has 0 aromatic heterocycles. The van der Waals surface area contributed by atoms with Crippen molar-refractivity contribution in [2.45, 2.75) is 19.5 Å². The molecule has 0 heterocycles. The van der Waals surface area contributed by atoms with Crippen LogP contribution in [0.1, 0.15) is 11.1 Å². The molecule has 100 valence electrons. The van der Waals surface area contributed by atoms with Crippen molar-refractivity contribution in [3.63, 3.8) is 0 Å². The number of rotatable bonds is 7. The molecule has 0 fully saturated rings. The zero-order valence-electron chi connectivity index (χ0n) is 10.9. The van der Waals surface area contributed by atoms with E-state index in [0.717, 1.165) is 17.3 Å². The van der Waals surface area contributed by atoms with Crippen molar-refractivity contribution in [1.29, 1.82) is 0 Å². The summed E-state index contributed by atoms with van der Waals surface area (Å²) >= 11 is 0. The molecular weight excluding hydrogens is 255 g/mol. The molecule has 0 aliphatic heterocycles. The first-order valence-corrected chi connectivity index (χ1v) is 7.21. The van der Waals surface area contributed by atoms with E-state index in [1.165, 1.54) is 0 Å². The van der Waals surface area contributed by atoms with Gasteiger partial charge in [-0.2, -0.15) is 0 Å². The zero-order valence-corrected chi connectivity index (χ0v) is 12.0. The summed E-state index contributed by atoms with van der Waals surface area (Å²) < 4.78 is 11.5. The minimum absolute atomic E-state index is 0.189. The molecule has 0 saturated carbocycles. The molecule has 19 heavy (non-hydrogen) atoms. The second-order valence-corrected chi connectivity index (χ2v) is 4.73. The molecule has 0 N–H and O–H groups in total. The third-order valence-electron chi connectivity index (χ3n) is 2.75. The van der Waals surface area contributed by atoms with E-state index in [-0.39, 0.29) is 6.29 Å². The molecular formula is C16H19O2P. The lowest BCUT2D eigenvalue weighted by Gasteiger charge is -2.17. The van der Waals surface area contributed by atoms with Crippen molar-refractivity contribution < 1.29 is 9.47 Å². The summed E-state index contributed by atoms with van der Waals surface area (Å²) in [6.07, 6.45) is 0.574. The van der Waals surface area contributed by atoms with Crippen LogP contribution in [0, 0.1) is 0 Å². The highest BCUT2D eigenvalue weighted by molar-refractivity contribution is 7.16. The Balaban J connectivity index is 1.77. The zero-order chi connectivity index (χ0) is 13.3. The number of ether oxygens (including phenoxy) is 2. The molecule has 1 atom stereocenters. The van der Waals surface area contributed by atoms with E-state index in [0.29, 0.717) is 13.2 Å². The van der Waals surface area contributed by atoms with Gasteiger partial charge >= 0.3 is 0 Å². The van der Waals surface area contributed by atoms with Gasteiger partial charge in [-0.05, 0) is 11.1 Å².